The monoisotopic (exact) mass is 252 g/mol. The number of nitrogens with two attached hydrogens (primary N) is 1. The zero-order valence-electron chi connectivity index (χ0n) is 9.52. The summed E-state index contributed by atoms with van der Waals surface area (Å²) in [4.78, 5) is 12.2. The summed E-state index contributed by atoms with van der Waals surface area (Å²) in [7, 11) is -1.13. The molecule has 1 aromatic carbocycles. The number of rotatable bonds is 2. The van der Waals surface area contributed by atoms with Crippen molar-refractivity contribution in [1.82, 2.24) is 5.32 Å². The lowest BCUT2D eigenvalue weighted by atomic mass is 10.2. The summed E-state index contributed by atoms with van der Waals surface area (Å²) in [6, 6.07) is 7.02. The lowest BCUT2D eigenvalue weighted by molar-refractivity contribution is -0.120. The Balaban J connectivity index is 2.13. The molecule has 5 heteroatoms. The van der Waals surface area contributed by atoms with Gasteiger partial charge in [-0.2, -0.15) is 0 Å². The normalized spacial score (nSPS) is 22.6. The first-order valence-corrected chi connectivity index (χ1v) is 6.91. The molecule has 4 nitrogen and oxygen atoms in total. The highest BCUT2D eigenvalue weighted by Gasteiger charge is 2.23. The largest absolute Gasteiger partial charge is 0.399 e. The highest BCUT2D eigenvalue weighted by atomic mass is 32.2. The van der Waals surface area contributed by atoms with Crippen LogP contribution in [0, 0.1) is 0 Å². The standard InChI is InChI=1S/C12H16N2O2S/c13-9-3-5-10(6-4-9)17(16)11-2-1-7-14-12(15)8-11/h3-6,11H,1-2,7-8,13H2,(H,14,15). The second kappa shape index (κ2) is 5.31. The summed E-state index contributed by atoms with van der Waals surface area (Å²) in [5.74, 6) is -0.00343. The molecule has 3 N–H and O–H groups in total. The maximum Gasteiger partial charge on any atom is 0.221 e. The summed E-state index contributed by atoms with van der Waals surface area (Å²) in [6.07, 6.45) is 2.05. The first kappa shape index (κ1) is 12.1. The third-order valence-corrected chi connectivity index (χ3v) is 4.60. The molecule has 17 heavy (non-hydrogen) atoms. The van der Waals surface area contributed by atoms with Gasteiger partial charge in [0.2, 0.25) is 5.91 Å². The fraction of sp³-hybridized carbons (Fsp3) is 0.417. The first-order chi connectivity index (χ1) is 8.16. The summed E-state index contributed by atoms with van der Waals surface area (Å²) < 4.78 is 12.3. The van der Waals surface area contributed by atoms with E-state index in [1.165, 1.54) is 0 Å². The smallest absolute Gasteiger partial charge is 0.221 e. The molecular formula is C12H16N2O2S. The highest BCUT2D eigenvalue weighted by molar-refractivity contribution is 7.85. The quantitative estimate of drug-likeness (QED) is 0.773. The Morgan fingerprint density at radius 3 is 2.71 bits per heavy atom. The Kier molecular flexibility index (Phi) is 3.78. The van der Waals surface area contributed by atoms with E-state index in [0.717, 1.165) is 17.7 Å². The summed E-state index contributed by atoms with van der Waals surface area (Å²) >= 11 is 0. The van der Waals surface area contributed by atoms with Gasteiger partial charge in [0, 0.05) is 28.8 Å². The van der Waals surface area contributed by atoms with Crippen LogP contribution in [0.15, 0.2) is 29.2 Å². The van der Waals surface area contributed by atoms with Gasteiger partial charge >= 0.3 is 0 Å². The topological polar surface area (TPSA) is 72.2 Å². The second-order valence-corrected chi connectivity index (χ2v) is 5.92. The van der Waals surface area contributed by atoms with Crippen LogP contribution in [0.25, 0.3) is 0 Å². The van der Waals surface area contributed by atoms with Crippen molar-refractivity contribution in [2.24, 2.45) is 0 Å². The predicted octanol–water partition coefficient (Wildman–Crippen LogP) is 1.05. The molecule has 2 atom stereocenters. The van der Waals surface area contributed by atoms with E-state index in [9.17, 15) is 9.00 Å². The number of benzene rings is 1. The Bertz CT molecular complexity index is 431. The molecule has 0 saturated carbocycles. The number of nitrogens with one attached hydrogen (secondary N) is 1. The zero-order valence-corrected chi connectivity index (χ0v) is 10.3. The van der Waals surface area contributed by atoms with Crippen LogP contribution >= 0.6 is 0 Å². The SMILES string of the molecule is Nc1ccc(S(=O)C2CCCNC(=O)C2)cc1. The molecule has 0 spiro atoms. The maximum absolute atomic E-state index is 12.3. The fourth-order valence-electron chi connectivity index (χ4n) is 1.92. The Morgan fingerprint density at radius 2 is 2.00 bits per heavy atom. The van der Waals surface area contributed by atoms with E-state index in [-0.39, 0.29) is 11.2 Å². The molecule has 1 aliphatic heterocycles. The van der Waals surface area contributed by atoms with Crippen LogP contribution in [-0.2, 0) is 15.6 Å². The van der Waals surface area contributed by atoms with Gasteiger partial charge in [0.05, 0.1) is 10.8 Å². The molecule has 2 rings (SSSR count). The van der Waals surface area contributed by atoms with Crippen LogP contribution in [0.4, 0.5) is 5.69 Å². The summed E-state index contributed by atoms with van der Waals surface area (Å²) in [5, 5.41) is 2.71. The lowest BCUT2D eigenvalue weighted by Gasteiger charge is -2.12. The van der Waals surface area contributed by atoms with Gasteiger partial charge in [-0.15, -0.1) is 0 Å². The average Bonchev–Trinajstić information content (AvgIpc) is 2.54. The van der Waals surface area contributed by atoms with Crippen LogP contribution in [0.5, 0.6) is 0 Å². The summed E-state index contributed by atoms with van der Waals surface area (Å²) in [6.45, 7) is 0.689. The van der Waals surface area contributed by atoms with E-state index in [0.29, 0.717) is 18.7 Å². The number of nitrogen functional groups attached to an aromatic ring is 1. The minimum Gasteiger partial charge on any atom is -0.399 e. The van der Waals surface area contributed by atoms with Gasteiger partial charge in [-0.25, -0.2) is 0 Å². The molecule has 1 aromatic rings. The van der Waals surface area contributed by atoms with Crippen molar-refractivity contribution in [3.63, 3.8) is 0 Å². The predicted molar refractivity (Wildman–Crippen MR) is 67.9 cm³/mol. The molecule has 0 radical (unpaired) electrons. The third kappa shape index (κ3) is 3.06. The molecule has 1 heterocycles. The number of carbonyl (C=O) groups is 1. The molecule has 1 aliphatic rings. The van der Waals surface area contributed by atoms with E-state index >= 15 is 0 Å². The first-order valence-electron chi connectivity index (χ1n) is 5.69. The molecule has 1 saturated heterocycles. The fourth-order valence-corrected chi connectivity index (χ4v) is 3.39. The van der Waals surface area contributed by atoms with Crippen molar-refractivity contribution in [2.75, 3.05) is 12.3 Å². The molecular weight excluding hydrogens is 236 g/mol. The Morgan fingerprint density at radius 1 is 1.29 bits per heavy atom. The molecule has 2 unspecified atom stereocenters. The maximum atomic E-state index is 12.3. The van der Waals surface area contributed by atoms with Crippen LogP contribution in [-0.4, -0.2) is 21.9 Å². The van der Waals surface area contributed by atoms with E-state index in [1.807, 2.05) is 0 Å². The minimum atomic E-state index is -1.13. The number of anilines is 1. The Hall–Kier alpha value is -1.36. The van der Waals surface area contributed by atoms with E-state index in [4.69, 9.17) is 5.73 Å². The second-order valence-electron chi connectivity index (χ2n) is 4.18. The van der Waals surface area contributed by atoms with Gasteiger partial charge in [-0.05, 0) is 37.1 Å². The lowest BCUT2D eigenvalue weighted by Crippen LogP contribution is -2.25. The van der Waals surface area contributed by atoms with Crippen molar-refractivity contribution in [3.05, 3.63) is 24.3 Å². The number of carbonyl (C=O) groups excluding carboxylic acids is 1. The molecule has 1 amide bonds. The number of amides is 1. The summed E-state index contributed by atoms with van der Waals surface area (Å²) in [5.41, 5.74) is 6.25. The minimum absolute atomic E-state index is 0.00343. The molecule has 1 fully saturated rings. The van der Waals surface area contributed by atoms with Crippen LogP contribution < -0.4 is 11.1 Å². The van der Waals surface area contributed by atoms with Gasteiger partial charge in [0.15, 0.2) is 0 Å². The van der Waals surface area contributed by atoms with E-state index in [1.54, 1.807) is 24.3 Å². The van der Waals surface area contributed by atoms with E-state index < -0.39 is 10.8 Å². The van der Waals surface area contributed by atoms with Gasteiger partial charge in [0.1, 0.15) is 0 Å². The number of hydrogen-bond donors (Lipinski definition) is 2. The van der Waals surface area contributed by atoms with Crippen LogP contribution in [0.2, 0.25) is 0 Å². The van der Waals surface area contributed by atoms with Gasteiger partial charge in [-0.3, -0.25) is 9.00 Å². The van der Waals surface area contributed by atoms with Gasteiger partial charge < -0.3 is 11.1 Å². The third-order valence-electron chi connectivity index (χ3n) is 2.85. The van der Waals surface area contributed by atoms with Crippen LogP contribution in [0.1, 0.15) is 19.3 Å². The van der Waals surface area contributed by atoms with Crippen molar-refractivity contribution in [3.8, 4) is 0 Å². The van der Waals surface area contributed by atoms with Gasteiger partial charge in [-0.1, -0.05) is 0 Å². The molecule has 0 bridgehead atoms. The highest BCUT2D eigenvalue weighted by Crippen LogP contribution is 2.20. The van der Waals surface area contributed by atoms with Crippen LogP contribution in [0.3, 0.4) is 0 Å². The molecule has 92 valence electrons. The number of hydrogen-bond acceptors (Lipinski definition) is 3. The van der Waals surface area contributed by atoms with E-state index in [2.05, 4.69) is 5.32 Å². The van der Waals surface area contributed by atoms with Gasteiger partial charge in [0.25, 0.3) is 0 Å². The Labute approximate surface area is 103 Å². The van der Waals surface area contributed by atoms with Crippen molar-refractivity contribution < 1.29 is 9.00 Å². The zero-order chi connectivity index (χ0) is 12.3. The average molecular weight is 252 g/mol. The van der Waals surface area contributed by atoms with Crippen molar-refractivity contribution in [1.29, 1.82) is 0 Å². The molecule has 0 aromatic heterocycles. The molecule has 0 aliphatic carbocycles. The van der Waals surface area contributed by atoms with Crippen molar-refractivity contribution >= 4 is 22.4 Å². The van der Waals surface area contributed by atoms with Crippen molar-refractivity contribution in [2.45, 2.75) is 29.4 Å².